The van der Waals surface area contributed by atoms with Gasteiger partial charge in [-0.05, 0) is 6.07 Å². The van der Waals surface area contributed by atoms with Gasteiger partial charge in [-0.15, -0.1) is 0 Å². The molecular weight excluding hydrogens is 118 g/mol. The third-order valence-electron chi connectivity index (χ3n) is 1.07. The minimum Gasteiger partial charge on any atom is -0.284 e. The van der Waals surface area contributed by atoms with Gasteiger partial charge in [0.15, 0.2) is 0 Å². The maximum Gasteiger partial charge on any atom is 0.348 e. The first-order valence-electron chi connectivity index (χ1n) is 2.45. The summed E-state index contributed by atoms with van der Waals surface area (Å²) in [5.74, 6) is 0.176. The highest BCUT2D eigenvalue weighted by atomic mass is 16.1. The van der Waals surface area contributed by atoms with Gasteiger partial charge in [-0.25, -0.2) is 9.78 Å². The van der Waals surface area contributed by atoms with Crippen LogP contribution in [0.4, 0.5) is 5.82 Å². The van der Waals surface area contributed by atoms with E-state index in [1.165, 1.54) is 23.9 Å². The zero-order chi connectivity index (χ0) is 6.85. The molecule has 0 saturated carbocycles. The van der Waals surface area contributed by atoms with E-state index in [-0.39, 0.29) is 11.5 Å². The molecule has 9 heavy (non-hydrogen) atoms. The van der Waals surface area contributed by atoms with E-state index >= 15 is 0 Å². The zero-order valence-electron chi connectivity index (χ0n) is 4.96. The summed E-state index contributed by atoms with van der Waals surface area (Å²) in [6.07, 6.45) is 1.32. The molecule has 1 heterocycles. The fourth-order valence-electron chi connectivity index (χ4n) is 0.473. The molecule has 0 bridgehead atoms. The van der Waals surface area contributed by atoms with Gasteiger partial charge in [0.2, 0.25) is 0 Å². The molecule has 0 aromatic carbocycles. The van der Waals surface area contributed by atoms with Gasteiger partial charge in [0, 0.05) is 13.2 Å². The molecule has 47 valence electrons. The van der Waals surface area contributed by atoms with Crippen molar-refractivity contribution in [3.63, 3.8) is 0 Å². The van der Waals surface area contributed by atoms with Gasteiger partial charge in [-0.3, -0.25) is 10.3 Å². The van der Waals surface area contributed by atoms with Gasteiger partial charge in [0.1, 0.15) is 5.82 Å². The number of rotatable bonds is 0. The Morgan fingerprint density at radius 1 is 1.78 bits per heavy atom. The van der Waals surface area contributed by atoms with Crippen molar-refractivity contribution in [1.29, 1.82) is 0 Å². The van der Waals surface area contributed by atoms with Crippen LogP contribution in [0.2, 0.25) is 0 Å². The highest BCUT2D eigenvalue weighted by Gasteiger charge is 1.91. The molecule has 1 aromatic rings. The van der Waals surface area contributed by atoms with Crippen LogP contribution in [0.1, 0.15) is 0 Å². The molecular formula is C5H6N3O. The summed E-state index contributed by atoms with van der Waals surface area (Å²) in [4.78, 5) is 14.0. The Balaban J connectivity index is 3.43. The number of aromatic nitrogens is 2. The third kappa shape index (κ3) is 0.910. The largest absolute Gasteiger partial charge is 0.348 e. The smallest absolute Gasteiger partial charge is 0.284 e. The lowest BCUT2D eigenvalue weighted by Gasteiger charge is -1.95. The molecule has 0 amide bonds. The van der Waals surface area contributed by atoms with Crippen molar-refractivity contribution in [2.75, 3.05) is 0 Å². The molecule has 1 aromatic heterocycles. The van der Waals surface area contributed by atoms with Crippen molar-refractivity contribution in [1.82, 2.24) is 15.3 Å². The molecule has 1 N–H and O–H groups in total. The predicted octanol–water partition coefficient (Wildman–Crippen LogP) is -0.305. The van der Waals surface area contributed by atoms with Crippen LogP contribution in [0.5, 0.6) is 0 Å². The Hall–Kier alpha value is -1.32. The topological polar surface area (TPSA) is 58.7 Å². The van der Waals surface area contributed by atoms with Crippen molar-refractivity contribution in [3.05, 3.63) is 22.7 Å². The average Bonchev–Trinajstić information content (AvgIpc) is 1.83. The number of nitrogens with zero attached hydrogens (tertiary/aromatic N) is 2. The van der Waals surface area contributed by atoms with Crippen molar-refractivity contribution in [3.8, 4) is 0 Å². The van der Waals surface area contributed by atoms with Gasteiger partial charge in [-0.2, -0.15) is 0 Å². The maximum absolute atomic E-state index is 10.6. The van der Waals surface area contributed by atoms with Gasteiger partial charge in [-0.1, -0.05) is 0 Å². The predicted molar refractivity (Wildman–Crippen MR) is 32.2 cm³/mol. The first-order chi connectivity index (χ1) is 4.22. The molecule has 0 atom stereocenters. The van der Waals surface area contributed by atoms with E-state index in [9.17, 15) is 4.79 Å². The second kappa shape index (κ2) is 1.89. The van der Waals surface area contributed by atoms with Gasteiger partial charge < -0.3 is 0 Å². The van der Waals surface area contributed by atoms with Crippen LogP contribution in [0.3, 0.4) is 0 Å². The standard InChI is InChI=1S/C5H6N3O/c1-8-4(6)2-3-7-5(8)9/h2-3,6H,1H3. The lowest BCUT2D eigenvalue weighted by atomic mass is 10.6. The Morgan fingerprint density at radius 2 is 2.44 bits per heavy atom. The van der Waals surface area contributed by atoms with Crippen molar-refractivity contribution >= 4 is 5.82 Å². The van der Waals surface area contributed by atoms with Crippen LogP contribution in [-0.2, 0) is 7.05 Å². The molecule has 1 radical (unpaired) electrons. The quantitative estimate of drug-likeness (QED) is 0.476. The summed E-state index contributed by atoms with van der Waals surface area (Å²) in [7, 11) is 1.51. The first-order valence-corrected chi connectivity index (χ1v) is 2.45. The van der Waals surface area contributed by atoms with E-state index in [1.807, 2.05) is 0 Å². The summed E-state index contributed by atoms with van der Waals surface area (Å²) >= 11 is 0. The Morgan fingerprint density at radius 3 is 2.89 bits per heavy atom. The lowest BCUT2D eigenvalue weighted by molar-refractivity contribution is 0.808. The monoisotopic (exact) mass is 124 g/mol. The summed E-state index contributed by atoms with van der Waals surface area (Å²) in [5.41, 5.74) is 6.70. The van der Waals surface area contributed by atoms with E-state index in [0.717, 1.165) is 0 Å². The SMILES string of the molecule is Cn1c([NH])ccnc1=O. The molecule has 0 saturated heterocycles. The summed E-state index contributed by atoms with van der Waals surface area (Å²) in [5, 5.41) is 0. The Labute approximate surface area is 51.9 Å². The first kappa shape index (κ1) is 5.81. The van der Waals surface area contributed by atoms with Gasteiger partial charge in [0.05, 0.1) is 0 Å². The third-order valence-corrected chi connectivity index (χ3v) is 1.07. The molecule has 0 fully saturated rings. The molecule has 0 aliphatic carbocycles. The van der Waals surface area contributed by atoms with Crippen molar-refractivity contribution < 1.29 is 0 Å². The molecule has 0 unspecified atom stereocenters. The normalized spacial score (nSPS) is 9.44. The fourth-order valence-corrected chi connectivity index (χ4v) is 0.473. The van der Waals surface area contributed by atoms with Crippen molar-refractivity contribution in [2.24, 2.45) is 7.05 Å². The molecule has 4 heteroatoms. The van der Waals surface area contributed by atoms with Crippen LogP contribution in [0.25, 0.3) is 0 Å². The zero-order valence-corrected chi connectivity index (χ0v) is 4.96. The van der Waals surface area contributed by atoms with Crippen molar-refractivity contribution in [2.45, 2.75) is 0 Å². The summed E-state index contributed by atoms with van der Waals surface area (Å²) < 4.78 is 1.17. The van der Waals surface area contributed by atoms with Gasteiger partial charge >= 0.3 is 5.69 Å². The van der Waals surface area contributed by atoms with Crippen LogP contribution in [0, 0.1) is 0 Å². The van der Waals surface area contributed by atoms with E-state index in [2.05, 4.69) is 4.98 Å². The maximum atomic E-state index is 10.6. The number of nitrogens with one attached hydrogen (secondary N) is 1. The van der Waals surface area contributed by atoms with E-state index < -0.39 is 0 Å². The Bertz CT molecular complexity index is 265. The summed E-state index contributed by atoms with van der Waals surface area (Å²) in [6.45, 7) is 0. The molecule has 1 rings (SSSR count). The van der Waals surface area contributed by atoms with Crippen LogP contribution in [0.15, 0.2) is 17.1 Å². The van der Waals surface area contributed by atoms with E-state index in [1.54, 1.807) is 0 Å². The second-order valence-electron chi connectivity index (χ2n) is 1.67. The average molecular weight is 124 g/mol. The lowest BCUT2D eigenvalue weighted by Crippen LogP contribution is -2.19. The minimum absolute atomic E-state index is 0.176. The molecule has 0 aliphatic heterocycles. The summed E-state index contributed by atoms with van der Waals surface area (Å²) in [6, 6.07) is 1.46. The Kier molecular flexibility index (Phi) is 1.22. The minimum atomic E-state index is -0.387. The van der Waals surface area contributed by atoms with E-state index in [0.29, 0.717) is 0 Å². The van der Waals surface area contributed by atoms with Crippen LogP contribution < -0.4 is 11.4 Å². The molecule has 0 aliphatic rings. The molecule has 4 nitrogen and oxygen atoms in total. The fraction of sp³-hybridized carbons (Fsp3) is 0.200. The van der Waals surface area contributed by atoms with Gasteiger partial charge in [0.25, 0.3) is 0 Å². The molecule has 0 spiro atoms. The van der Waals surface area contributed by atoms with Crippen LogP contribution >= 0.6 is 0 Å². The van der Waals surface area contributed by atoms with Crippen LogP contribution in [-0.4, -0.2) is 9.55 Å². The highest BCUT2D eigenvalue weighted by molar-refractivity contribution is 5.19. The highest BCUT2D eigenvalue weighted by Crippen LogP contribution is 1.92. The van der Waals surface area contributed by atoms with E-state index in [4.69, 9.17) is 5.73 Å². The second-order valence-corrected chi connectivity index (χ2v) is 1.67. The number of hydrogen-bond acceptors (Lipinski definition) is 2. The number of hydrogen-bond donors (Lipinski definition) is 0.